The number of nitrogens with zero attached hydrogens (tertiary/aromatic N) is 1. The molecule has 1 saturated carbocycles. The summed E-state index contributed by atoms with van der Waals surface area (Å²) in [7, 11) is 0. The maximum Gasteiger partial charge on any atom is 0.0106 e. The molecule has 0 atom stereocenters. The van der Waals surface area contributed by atoms with Crippen molar-refractivity contribution >= 4 is 24.8 Å². The Morgan fingerprint density at radius 2 is 1.39 bits per heavy atom. The summed E-state index contributed by atoms with van der Waals surface area (Å²) in [5, 5.41) is 3.50. The Kier molecular flexibility index (Phi) is 6.74. The van der Waals surface area contributed by atoms with Crippen LogP contribution in [0.4, 0.5) is 0 Å². The van der Waals surface area contributed by atoms with Gasteiger partial charge in [0.2, 0.25) is 0 Å². The summed E-state index contributed by atoms with van der Waals surface area (Å²) in [6, 6.07) is 0.955. The molecule has 18 heavy (non-hydrogen) atoms. The van der Waals surface area contributed by atoms with Crippen LogP contribution in [0.1, 0.15) is 51.4 Å². The highest BCUT2D eigenvalue weighted by Gasteiger charge is 2.46. The van der Waals surface area contributed by atoms with Crippen LogP contribution in [0.3, 0.4) is 0 Å². The van der Waals surface area contributed by atoms with Gasteiger partial charge in [0.25, 0.3) is 0 Å². The number of hydrogen-bond acceptors (Lipinski definition) is 2. The third kappa shape index (κ3) is 3.53. The Morgan fingerprint density at radius 1 is 0.833 bits per heavy atom. The fourth-order valence-corrected chi connectivity index (χ4v) is 4.02. The first kappa shape index (κ1) is 16.6. The second-order valence-electron chi connectivity index (χ2n) is 6.26. The van der Waals surface area contributed by atoms with Gasteiger partial charge in [0.15, 0.2) is 0 Å². The first-order chi connectivity index (χ1) is 7.88. The molecule has 3 rings (SSSR count). The first-order valence-electron chi connectivity index (χ1n) is 7.33. The molecule has 0 aromatic carbocycles. The van der Waals surface area contributed by atoms with Crippen LogP contribution in [-0.4, -0.2) is 37.1 Å². The minimum Gasteiger partial charge on any atom is -0.317 e. The number of halogens is 2. The molecule has 1 aliphatic carbocycles. The second kappa shape index (κ2) is 7.33. The molecule has 0 radical (unpaired) electrons. The lowest BCUT2D eigenvalue weighted by Gasteiger charge is -2.54. The molecule has 2 aliphatic heterocycles. The average Bonchev–Trinajstić information content (AvgIpc) is 2.55. The summed E-state index contributed by atoms with van der Waals surface area (Å²) in [5.41, 5.74) is 0.766. The number of rotatable bonds is 1. The van der Waals surface area contributed by atoms with Gasteiger partial charge in [0, 0.05) is 6.04 Å². The van der Waals surface area contributed by atoms with Crippen molar-refractivity contribution in [1.29, 1.82) is 0 Å². The molecule has 3 fully saturated rings. The maximum atomic E-state index is 3.50. The van der Waals surface area contributed by atoms with E-state index in [4.69, 9.17) is 0 Å². The van der Waals surface area contributed by atoms with Crippen molar-refractivity contribution in [2.24, 2.45) is 5.41 Å². The Balaban J connectivity index is 0.000000810. The van der Waals surface area contributed by atoms with Crippen LogP contribution in [0.15, 0.2) is 0 Å². The molecule has 2 heterocycles. The predicted molar refractivity (Wildman–Crippen MR) is 82.1 cm³/mol. The Labute approximate surface area is 124 Å². The van der Waals surface area contributed by atoms with Crippen molar-refractivity contribution in [3.05, 3.63) is 0 Å². The van der Waals surface area contributed by atoms with E-state index in [-0.39, 0.29) is 24.8 Å². The zero-order chi connectivity index (χ0) is 10.8. The molecular weight excluding hydrogens is 267 g/mol. The molecule has 2 nitrogen and oxygen atoms in total. The highest BCUT2D eigenvalue weighted by molar-refractivity contribution is 5.85. The van der Waals surface area contributed by atoms with Crippen LogP contribution in [0.5, 0.6) is 0 Å². The van der Waals surface area contributed by atoms with Crippen LogP contribution in [0.25, 0.3) is 0 Å². The molecule has 0 aromatic heterocycles. The van der Waals surface area contributed by atoms with Gasteiger partial charge in [-0.05, 0) is 70.1 Å². The third-order valence-corrected chi connectivity index (χ3v) is 5.16. The minimum atomic E-state index is 0. The molecule has 3 aliphatic rings. The number of piperidine rings is 1. The minimum absolute atomic E-state index is 0. The van der Waals surface area contributed by atoms with E-state index in [0.29, 0.717) is 0 Å². The quantitative estimate of drug-likeness (QED) is 0.799. The molecular formula is C14H28Cl2N2. The van der Waals surface area contributed by atoms with Crippen molar-refractivity contribution in [2.45, 2.75) is 57.4 Å². The van der Waals surface area contributed by atoms with E-state index in [9.17, 15) is 0 Å². The topological polar surface area (TPSA) is 15.3 Å². The van der Waals surface area contributed by atoms with Crippen LogP contribution < -0.4 is 5.32 Å². The fraction of sp³-hybridized carbons (Fsp3) is 1.00. The lowest BCUT2D eigenvalue weighted by Crippen LogP contribution is -2.54. The van der Waals surface area contributed by atoms with E-state index < -0.39 is 0 Å². The molecule has 108 valence electrons. The van der Waals surface area contributed by atoms with Crippen molar-refractivity contribution in [3.8, 4) is 0 Å². The van der Waals surface area contributed by atoms with Gasteiger partial charge in [-0.2, -0.15) is 0 Å². The first-order valence-corrected chi connectivity index (χ1v) is 7.33. The Hall–Kier alpha value is 0.500. The number of hydrogen-bond donors (Lipinski definition) is 1. The summed E-state index contributed by atoms with van der Waals surface area (Å²) in [6.07, 6.45) is 11.7. The van der Waals surface area contributed by atoms with Crippen molar-refractivity contribution in [1.82, 2.24) is 10.2 Å². The fourth-order valence-electron chi connectivity index (χ4n) is 4.02. The van der Waals surface area contributed by atoms with Crippen molar-refractivity contribution in [3.63, 3.8) is 0 Å². The lowest BCUT2D eigenvalue weighted by molar-refractivity contribution is -0.0191. The van der Waals surface area contributed by atoms with E-state index in [2.05, 4.69) is 10.2 Å². The zero-order valence-corrected chi connectivity index (χ0v) is 13.0. The third-order valence-electron chi connectivity index (χ3n) is 5.16. The van der Waals surface area contributed by atoms with Gasteiger partial charge >= 0.3 is 0 Å². The molecule has 2 saturated heterocycles. The maximum absolute atomic E-state index is 3.50. The monoisotopic (exact) mass is 294 g/mol. The van der Waals surface area contributed by atoms with Crippen molar-refractivity contribution in [2.75, 3.05) is 26.2 Å². The van der Waals surface area contributed by atoms with Crippen LogP contribution in [0, 0.1) is 5.41 Å². The average molecular weight is 295 g/mol. The van der Waals surface area contributed by atoms with E-state index in [0.717, 1.165) is 11.5 Å². The molecule has 1 N–H and O–H groups in total. The van der Waals surface area contributed by atoms with Crippen LogP contribution >= 0.6 is 24.8 Å². The Bertz CT molecular complexity index is 226. The molecule has 4 heteroatoms. The number of nitrogens with one attached hydrogen (secondary N) is 1. The summed E-state index contributed by atoms with van der Waals surface area (Å²) in [4.78, 5) is 2.81. The van der Waals surface area contributed by atoms with Gasteiger partial charge in [0.05, 0.1) is 0 Å². The van der Waals surface area contributed by atoms with Gasteiger partial charge in [-0.25, -0.2) is 0 Å². The highest BCUT2D eigenvalue weighted by Crippen LogP contribution is 2.50. The standard InChI is InChI=1S/C14H26N2.2ClH/c1-2-4-10-16(9-3-1)13-11-14(12-13)5-7-15-8-6-14;;/h13,15H,1-12H2;2*1H. The summed E-state index contributed by atoms with van der Waals surface area (Å²) < 4.78 is 0. The lowest BCUT2D eigenvalue weighted by atomic mass is 9.60. The molecule has 0 bridgehead atoms. The summed E-state index contributed by atoms with van der Waals surface area (Å²) >= 11 is 0. The van der Waals surface area contributed by atoms with E-state index in [1.54, 1.807) is 0 Å². The van der Waals surface area contributed by atoms with Gasteiger partial charge in [-0.15, -0.1) is 24.8 Å². The van der Waals surface area contributed by atoms with Gasteiger partial charge in [-0.3, -0.25) is 0 Å². The zero-order valence-electron chi connectivity index (χ0n) is 11.3. The smallest absolute Gasteiger partial charge is 0.0106 e. The molecule has 0 aromatic rings. The van der Waals surface area contributed by atoms with E-state index >= 15 is 0 Å². The van der Waals surface area contributed by atoms with E-state index in [1.807, 2.05) is 0 Å². The Morgan fingerprint density at radius 3 is 1.94 bits per heavy atom. The van der Waals surface area contributed by atoms with Crippen molar-refractivity contribution < 1.29 is 0 Å². The van der Waals surface area contributed by atoms with Gasteiger partial charge in [-0.1, -0.05) is 12.8 Å². The van der Waals surface area contributed by atoms with Gasteiger partial charge in [0.1, 0.15) is 0 Å². The molecule has 0 unspecified atom stereocenters. The van der Waals surface area contributed by atoms with Crippen LogP contribution in [0.2, 0.25) is 0 Å². The highest BCUT2D eigenvalue weighted by atomic mass is 35.5. The predicted octanol–water partition coefficient (Wildman–Crippen LogP) is 3.24. The van der Waals surface area contributed by atoms with E-state index in [1.165, 1.54) is 77.5 Å². The summed E-state index contributed by atoms with van der Waals surface area (Å²) in [6.45, 7) is 5.32. The van der Waals surface area contributed by atoms with Gasteiger partial charge < -0.3 is 10.2 Å². The number of likely N-dealkylation sites (tertiary alicyclic amines) is 1. The molecule has 1 spiro atoms. The normalized spacial score (nSPS) is 28.7. The second-order valence-corrected chi connectivity index (χ2v) is 6.26. The summed E-state index contributed by atoms with van der Waals surface area (Å²) in [5.74, 6) is 0. The molecule has 0 amide bonds. The largest absolute Gasteiger partial charge is 0.317 e. The SMILES string of the molecule is C1CCCN(C2CC3(CCNCC3)C2)CC1.Cl.Cl. The van der Waals surface area contributed by atoms with Crippen LogP contribution in [-0.2, 0) is 0 Å².